The van der Waals surface area contributed by atoms with Crippen LogP contribution in [0.3, 0.4) is 0 Å². The molecule has 3 nitrogen and oxygen atoms in total. The van der Waals surface area contributed by atoms with Crippen molar-refractivity contribution in [3.8, 4) is 0 Å². The lowest BCUT2D eigenvalue weighted by Crippen LogP contribution is -2.37. The summed E-state index contributed by atoms with van der Waals surface area (Å²) in [6, 6.07) is 2.51. The molecule has 3 rings (SSSR count). The van der Waals surface area contributed by atoms with E-state index in [1.807, 2.05) is 11.9 Å². The number of halogens is 1. The van der Waals surface area contributed by atoms with E-state index in [0.717, 1.165) is 30.8 Å². The van der Waals surface area contributed by atoms with Crippen molar-refractivity contribution < 1.29 is 4.79 Å². The first-order chi connectivity index (χ1) is 8.75. The Morgan fingerprint density at radius 1 is 1.42 bits per heavy atom. The number of thiophene rings is 1. The van der Waals surface area contributed by atoms with Crippen LogP contribution in [0, 0.1) is 0 Å². The minimum Gasteiger partial charge on any atom is -0.337 e. The highest BCUT2D eigenvalue weighted by Crippen LogP contribution is 2.30. The van der Waals surface area contributed by atoms with Crippen LogP contribution in [-0.4, -0.2) is 37.0 Å². The standard InChI is InChI=1S/C14H20N2OS.ClH/c1-16(11-6-7-15-9-11)14(17)13-8-10-4-2-3-5-12(10)18-13;/h8,11,15H,2-7,9H2,1H3;1H. The first-order valence-corrected chi connectivity index (χ1v) is 7.67. The van der Waals surface area contributed by atoms with Gasteiger partial charge in [0.15, 0.2) is 0 Å². The molecule has 106 valence electrons. The maximum atomic E-state index is 12.5. The molecule has 1 fully saturated rings. The summed E-state index contributed by atoms with van der Waals surface area (Å²) in [6.07, 6.45) is 5.96. The van der Waals surface area contributed by atoms with Gasteiger partial charge in [-0.25, -0.2) is 0 Å². The Kier molecular flexibility index (Phi) is 4.87. The number of nitrogens with zero attached hydrogens (tertiary/aromatic N) is 1. The van der Waals surface area contributed by atoms with E-state index in [-0.39, 0.29) is 18.3 Å². The molecule has 1 aromatic rings. The smallest absolute Gasteiger partial charge is 0.263 e. The van der Waals surface area contributed by atoms with Gasteiger partial charge in [0.2, 0.25) is 0 Å². The third-order valence-corrected chi connectivity index (χ3v) is 5.33. The molecule has 1 amide bonds. The molecular weight excluding hydrogens is 280 g/mol. The summed E-state index contributed by atoms with van der Waals surface area (Å²) in [5.41, 5.74) is 1.42. The van der Waals surface area contributed by atoms with E-state index in [1.54, 1.807) is 11.3 Å². The number of carbonyl (C=O) groups is 1. The molecule has 0 spiro atoms. The van der Waals surface area contributed by atoms with Gasteiger partial charge in [-0.15, -0.1) is 23.7 Å². The average molecular weight is 301 g/mol. The molecule has 0 aromatic carbocycles. The van der Waals surface area contributed by atoms with E-state index < -0.39 is 0 Å². The number of amides is 1. The van der Waals surface area contributed by atoms with E-state index in [0.29, 0.717) is 6.04 Å². The molecule has 1 unspecified atom stereocenters. The van der Waals surface area contributed by atoms with Crippen molar-refractivity contribution in [2.45, 2.75) is 38.1 Å². The van der Waals surface area contributed by atoms with Crippen molar-refractivity contribution in [2.75, 3.05) is 20.1 Å². The molecule has 1 atom stereocenters. The molecular formula is C14H21ClN2OS. The first kappa shape index (κ1) is 14.8. The maximum absolute atomic E-state index is 12.5. The number of nitrogens with one attached hydrogen (secondary N) is 1. The van der Waals surface area contributed by atoms with Crippen LogP contribution in [0.15, 0.2) is 6.07 Å². The monoisotopic (exact) mass is 300 g/mol. The lowest BCUT2D eigenvalue weighted by molar-refractivity contribution is 0.0748. The first-order valence-electron chi connectivity index (χ1n) is 6.85. The van der Waals surface area contributed by atoms with Gasteiger partial charge in [-0.1, -0.05) is 0 Å². The van der Waals surface area contributed by atoms with E-state index in [4.69, 9.17) is 0 Å². The van der Waals surface area contributed by atoms with Crippen LogP contribution in [0.1, 0.15) is 39.4 Å². The fourth-order valence-electron chi connectivity index (χ4n) is 2.91. The molecule has 1 aromatic heterocycles. The lowest BCUT2D eigenvalue weighted by atomic mass is 9.99. The van der Waals surface area contributed by atoms with Gasteiger partial charge in [0.05, 0.1) is 4.88 Å². The molecule has 0 bridgehead atoms. The topological polar surface area (TPSA) is 32.3 Å². The van der Waals surface area contributed by atoms with E-state index in [9.17, 15) is 4.79 Å². The third kappa shape index (κ3) is 2.96. The Bertz CT molecular complexity index is 431. The Labute approximate surface area is 124 Å². The van der Waals surface area contributed by atoms with Crippen molar-refractivity contribution in [1.82, 2.24) is 10.2 Å². The molecule has 5 heteroatoms. The van der Waals surface area contributed by atoms with Gasteiger partial charge >= 0.3 is 0 Å². The molecule has 1 saturated heterocycles. The normalized spacial score (nSPS) is 21.6. The predicted molar refractivity (Wildman–Crippen MR) is 81.6 cm³/mol. The highest BCUT2D eigenvalue weighted by Gasteiger charge is 2.26. The van der Waals surface area contributed by atoms with Gasteiger partial charge in [0.1, 0.15) is 0 Å². The highest BCUT2D eigenvalue weighted by atomic mass is 35.5. The quantitative estimate of drug-likeness (QED) is 0.910. The summed E-state index contributed by atoms with van der Waals surface area (Å²) >= 11 is 1.72. The molecule has 1 aliphatic carbocycles. The van der Waals surface area contributed by atoms with E-state index >= 15 is 0 Å². The molecule has 2 heterocycles. The number of fused-ring (bicyclic) bond motifs is 1. The average Bonchev–Trinajstić information content (AvgIpc) is 3.05. The number of aryl methyl sites for hydroxylation is 2. The minimum absolute atomic E-state index is 0. The van der Waals surface area contributed by atoms with Crippen LogP contribution in [0.2, 0.25) is 0 Å². The highest BCUT2D eigenvalue weighted by molar-refractivity contribution is 7.14. The summed E-state index contributed by atoms with van der Waals surface area (Å²) in [7, 11) is 1.94. The summed E-state index contributed by atoms with van der Waals surface area (Å²) in [4.78, 5) is 16.8. The van der Waals surface area contributed by atoms with Gasteiger partial charge in [-0.05, 0) is 50.3 Å². The van der Waals surface area contributed by atoms with Gasteiger partial charge in [0.25, 0.3) is 5.91 Å². The maximum Gasteiger partial charge on any atom is 0.263 e. The molecule has 19 heavy (non-hydrogen) atoms. The van der Waals surface area contributed by atoms with Crippen LogP contribution in [0.5, 0.6) is 0 Å². The summed E-state index contributed by atoms with van der Waals surface area (Å²) in [5.74, 6) is 0.211. The zero-order valence-corrected chi connectivity index (χ0v) is 12.9. The Balaban J connectivity index is 0.00000133. The second-order valence-electron chi connectivity index (χ2n) is 5.33. The molecule has 0 saturated carbocycles. The summed E-state index contributed by atoms with van der Waals surface area (Å²) in [6.45, 7) is 1.97. The molecule has 1 aliphatic heterocycles. The van der Waals surface area contributed by atoms with Crippen molar-refractivity contribution in [3.63, 3.8) is 0 Å². The zero-order valence-electron chi connectivity index (χ0n) is 11.3. The zero-order chi connectivity index (χ0) is 12.5. The largest absolute Gasteiger partial charge is 0.337 e. The van der Waals surface area contributed by atoms with Crippen molar-refractivity contribution in [2.24, 2.45) is 0 Å². The van der Waals surface area contributed by atoms with E-state index in [2.05, 4.69) is 11.4 Å². The minimum atomic E-state index is 0. The fraction of sp³-hybridized carbons (Fsp3) is 0.643. The van der Waals surface area contributed by atoms with Gasteiger partial charge in [-0.2, -0.15) is 0 Å². The predicted octanol–water partition coefficient (Wildman–Crippen LogP) is 2.48. The summed E-state index contributed by atoms with van der Waals surface area (Å²) < 4.78 is 0. The van der Waals surface area contributed by atoms with Crippen LogP contribution in [0.25, 0.3) is 0 Å². The molecule has 1 N–H and O–H groups in total. The van der Waals surface area contributed by atoms with Crippen LogP contribution < -0.4 is 5.32 Å². The Hall–Kier alpha value is -0.580. The van der Waals surface area contributed by atoms with Crippen molar-refractivity contribution in [1.29, 1.82) is 0 Å². The number of hydrogen-bond acceptors (Lipinski definition) is 3. The van der Waals surface area contributed by atoms with Gasteiger partial charge < -0.3 is 10.2 Å². The number of carbonyl (C=O) groups excluding carboxylic acids is 1. The fourth-order valence-corrected chi connectivity index (χ4v) is 4.14. The third-order valence-electron chi connectivity index (χ3n) is 4.11. The molecule has 2 aliphatic rings. The number of likely N-dealkylation sites (N-methyl/N-ethyl adjacent to an activating group) is 1. The van der Waals surface area contributed by atoms with Crippen LogP contribution in [-0.2, 0) is 12.8 Å². The van der Waals surface area contributed by atoms with Crippen molar-refractivity contribution in [3.05, 3.63) is 21.4 Å². The second-order valence-corrected chi connectivity index (χ2v) is 6.47. The Morgan fingerprint density at radius 2 is 2.21 bits per heavy atom. The SMILES string of the molecule is CN(C(=O)c1cc2c(s1)CCCC2)C1CCNC1.Cl. The number of rotatable bonds is 2. The van der Waals surface area contributed by atoms with Crippen LogP contribution in [0.4, 0.5) is 0 Å². The number of hydrogen-bond donors (Lipinski definition) is 1. The van der Waals surface area contributed by atoms with Crippen LogP contribution >= 0.6 is 23.7 Å². The van der Waals surface area contributed by atoms with E-state index in [1.165, 1.54) is 29.7 Å². The summed E-state index contributed by atoms with van der Waals surface area (Å²) in [5, 5.41) is 3.32. The van der Waals surface area contributed by atoms with Gasteiger partial charge in [0, 0.05) is 24.5 Å². The van der Waals surface area contributed by atoms with Crippen molar-refractivity contribution >= 4 is 29.7 Å². The Morgan fingerprint density at radius 3 is 2.89 bits per heavy atom. The second kappa shape index (κ2) is 6.25. The molecule has 0 radical (unpaired) electrons. The lowest BCUT2D eigenvalue weighted by Gasteiger charge is -2.23. The van der Waals surface area contributed by atoms with Gasteiger partial charge in [-0.3, -0.25) is 4.79 Å².